The quantitative estimate of drug-likeness (QED) is 0.681. The molecule has 1 atom stereocenters. The van der Waals surface area contributed by atoms with Crippen LogP contribution in [0.25, 0.3) is 16.9 Å². The first kappa shape index (κ1) is 17.8. The number of nitrogens with two attached hydrogens (primary N) is 1. The van der Waals surface area contributed by atoms with Crippen LogP contribution in [0.5, 0.6) is 11.5 Å². The molecule has 0 aliphatic heterocycles. The predicted molar refractivity (Wildman–Crippen MR) is 97.4 cm³/mol. The van der Waals surface area contributed by atoms with Crippen LogP contribution in [0.1, 0.15) is 5.69 Å². The summed E-state index contributed by atoms with van der Waals surface area (Å²) in [6.07, 6.45) is 2.19. The Hall–Kier alpha value is -3.06. The monoisotopic (exact) mass is 355 g/mol. The van der Waals surface area contributed by atoms with Gasteiger partial charge in [0, 0.05) is 18.2 Å². The van der Waals surface area contributed by atoms with Gasteiger partial charge < -0.3 is 24.3 Å². The van der Waals surface area contributed by atoms with Crippen molar-refractivity contribution in [3.05, 3.63) is 48.3 Å². The summed E-state index contributed by atoms with van der Waals surface area (Å²) in [7, 11) is 4.49. The van der Waals surface area contributed by atoms with Crippen LogP contribution in [0, 0.1) is 0 Å². The third-order valence-corrected chi connectivity index (χ3v) is 4.20. The molecule has 0 bridgehead atoms. The first-order valence-electron chi connectivity index (χ1n) is 8.10. The number of hydrogen-bond acceptors (Lipinski definition) is 6. The number of ether oxygens (including phenoxy) is 3. The van der Waals surface area contributed by atoms with Crippen LogP contribution < -0.4 is 15.2 Å². The zero-order valence-corrected chi connectivity index (χ0v) is 14.9. The van der Waals surface area contributed by atoms with E-state index in [9.17, 15) is 4.79 Å². The van der Waals surface area contributed by atoms with E-state index in [0.717, 1.165) is 22.6 Å². The number of pyridine rings is 1. The van der Waals surface area contributed by atoms with Crippen LogP contribution in [-0.4, -0.2) is 42.7 Å². The van der Waals surface area contributed by atoms with Gasteiger partial charge in [-0.15, -0.1) is 0 Å². The number of esters is 1. The zero-order chi connectivity index (χ0) is 18.7. The standard InChI is InChI=1S/C19H21N3O4/c1-24-15-8-7-12(10-16(15)25-2)18-14(11-13(20)19(23)26-3)22-9-5-4-6-17(22)21-18/h4-10,13H,11,20H2,1-3H3. The Labute approximate surface area is 151 Å². The Morgan fingerprint density at radius 1 is 1.15 bits per heavy atom. The van der Waals surface area contributed by atoms with E-state index in [1.165, 1.54) is 7.11 Å². The van der Waals surface area contributed by atoms with Crippen LogP contribution in [0.3, 0.4) is 0 Å². The second-order valence-electron chi connectivity index (χ2n) is 5.74. The fourth-order valence-corrected chi connectivity index (χ4v) is 2.90. The summed E-state index contributed by atoms with van der Waals surface area (Å²) in [5.41, 5.74) is 9.17. The molecule has 3 rings (SSSR count). The maximum absolute atomic E-state index is 11.8. The number of nitrogens with zero attached hydrogens (tertiary/aromatic N) is 2. The molecule has 2 N–H and O–H groups in total. The molecule has 0 radical (unpaired) electrons. The number of fused-ring (bicyclic) bond motifs is 1. The molecule has 0 aliphatic carbocycles. The van der Waals surface area contributed by atoms with Crippen LogP contribution in [0.4, 0.5) is 0 Å². The lowest BCUT2D eigenvalue weighted by molar-refractivity contribution is -0.142. The van der Waals surface area contributed by atoms with Crippen molar-refractivity contribution < 1.29 is 19.0 Å². The van der Waals surface area contributed by atoms with E-state index in [-0.39, 0.29) is 0 Å². The Morgan fingerprint density at radius 2 is 1.92 bits per heavy atom. The van der Waals surface area contributed by atoms with Crippen molar-refractivity contribution in [1.29, 1.82) is 0 Å². The maximum atomic E-state index is 11.8. The van der Waals surface area contributed by atoms with Crippen molar-refractivity contribution in [2.24, 2.45) is 5.73 Å². The van der Waals surface area contributed by atoms with Crippen molar-refractivity contribution in [1.82, 2.24) is 9.38 Å². The van der Waals surface area contributed by atoms with E-state index in [2.05, 4.69) is 0 Å². The van der Waals surface area contributed by atoms with E-state index >= 15 is 0 Å². The van der Waals surface area contributed by atoms with Gasteiger partial charge in [0.05, 0.1) is 32.7 Å². The number of imidazole rings is 1. The Bertz CT molecular complexity index is 936. The lowest BCUT2D eigenvalue weighted by Gasteiger charge is -2.12. The molecule has 7 nitrogen and oxygen atoms in total. The normalized spacial score (nSPS) is 12.0. The molecule has 1 unspecified atom stereocenters. The number of carbonyl (C=O) groups excluding carboxylic acids is 1. The van der Waals surface area contributed by atoms with Crippen molar-refractivity contribution >= 4 is 11.6 Å². The average Bonchev–Trinajstić information content (AvgIpc) is 3.05. The van der Waals surface area contributed by atoms with E-state index in [4.69, 9.17) is 24.9 Å². The fourth-order valence-electron chi connectivity index (χ4n) is 2.90. The maximum Gasteiger partial charge on any atom is 0.323 e. The minimum absolute atomic E-state index is 0.293. The molecule has 0 aliphatic rings. The van der Waals surface area contributed by atoms with Crippen LogP contribution >= 0.6 is 0 Å². The second kappa shape index (κ2) is 7.45. The van der Waals surface area contributed by atoms with Gasteiger partial charge in [-0.25, -0.2) is 4.98 Å². The van der Waals surface area contributed by atoms with Gasteiger partial charge in [-0.05, 0) is 30.3 Å². The van der Waals surface area contributed by atoms with Crippen LogP contribution in [0.15, 0.2) is 42.6 Å². The first-order valence-corrected chi connectivity index (χ1v) is 8.10. The molecule has 2 aromatic heterocycles. The molecule has 0 spiro atoms. The summed E-state index contributed by atoms with van der Waals surface area (Å²) in [6, 6.07) is 10.5. The first-order chi connectivity index (χ1) is 12.6. The topological polar surface area (TPSA) is 88.1 Å². The SMILES string of the molecule is COC(=O)C(N)Cc1c(-c2ccc(OC)c(OC)c2)nc2ccccn12. The summed E-state index contributed by atoms with van der Waals surface area (Å²) in [6.45, 7) is 0. The molecule has 1 aromatic carbocycles. The second-order valence-corrected chi connectivity index (χ2v) is 5.74. The van der Waals surface area contributed by atoms with Crippen molar-refractivity contribution in [2.45, 2.75) is 12.5 Å². The number of aromatic nitrogens is 2. The minimum atomic E-state index is -0.779. The molecule has 136 valence electrons. The molecular weight excluding hydrogens is 334 g/mol. The summed E-state index contributed by atoms with van der Waals surface area (Å²) in [5.74, 6) is 0.771. The minimum Gasteiger partial charge on any atom is -0.493 e. The van der Waals surface area contributed by atoms with E-state index < -0.39 is 12.0 Å². The van der Waals surface area contributed by atoms with E-state index in [0.29, 0.717) is 17.9 Å². The van der Waals surface area contributed by atoms with Crippen LogP contribution in [0.2, 0.25) is 0 Å². The smallest absolute Gasteiger partial charge is 0.323 e. The van der Waals surface area contributed by atoms with Gasteiger partial charge in [-0.1, -0.05) is 6.07 Å². The zero-order valence-electron chi connectivity index (χ0n) is 14.9. The highest BCUT2D eigenvalue weighted by atomic mass is 16.5. The molecule has 0 fully saturated rings. The third-order valence-electron chi connectivity index (χ3n) is 4.20. The molecular formula is C19H21N3O4. The number of hydrogen-bond donors (Lipinski definition) is 1. The average molecular weight is 355 g/mol. The van der Waals surface area contributed by atoms with Gasteiger partial charge in [0.2, 0.25) is 0 Å². The lowest BCUT2D eigenvalue weighted by Crippen LogP contribution is -2.34. The Balaban J connectivity index is 2.13. The van der Waals surface area contributed by atoms with Crippen molar-refractivity contribution in [3.8, 4) is 22.8 Å². The molecule has 3 aromatic rings. The van der Waals surface area contributed by atoms with Crippen LogP contribution in [-0.2, 0) is 16.0 Å². The van der Waals surface area contributed by atoms with Gasteiger partial charge in [0.15, 0.2) is 11.5 Å². The number of benzene rings is 1. The molecule has 0 saturated heterocycles. The van der Waals surface area contributed by atoms with E-state index in [1.807, 2.05) is 47.0 Å². The summed E-state index contributed by atoms with van der Waals surface area (Å²) >= 11 is 0. The molecule has 0 amide bonds. The van der Waals surface area contributed by atoms with Crippen molar-refractivity contribution in [3.63, 3.8) is 0 Å². The van der Waals surface area contributed by atoms with Gasteiger partial charge in [0.25, 0.3) is 0 Å². The molecule has 2 heterocycles. The fraction of sp³-hybridized carbons (Fsp3) is 0.263. The highest BCUT2D eigenvalue weighted by Crippen LogP contribution is 2.34. The van der Waals surface area contributed by atoms with Gasteiger partial charge in [0.1, 0.15) is 11.7 Å². The van der Waals surface area contributed by atoms with Gasteiger partial charge in [-0.2, -0.15) is 0 Å². The Morgan fingerprint density at radius 3 is 2.62 bits per heavy atom. The van der Waals surface area contributed by atoms with Gasteiger partial charge in [-0.3, -0.25) is 4.79 Å². The highest BCUT2D eigenvalue weighted by Gasteiger charge is 2.22. The molecule has 26 heavy (non-hydrogen) atoms. The largest absolute Gasteiger partial charge is 0.493 e. The van der Waals surface area contributed by atoms with E-state index in [1.54, 1.807) is 14.2 Å². The summed E-state index contributed by atoms with van der Waals surface area (Å²) in [4.78, 5) is 16.5. The summed E-state index contributed by atoms with van der Waals surface area (Å²) in [5, 5.41) is 0. The number of carbonyl (C=O) groups is 1. The summed E-state index contributed by atoms with van der Waals surface area (Å²) < 4.78 is 17.4. The lowest BCUT2D eigenvalue weighted by atomic mass is 10.0. The van der Waals surface area contributed by atoms with Crippen molar-refractivity contribution in [2.75, 3.05) is 21.3 Å². The number of methoxy groups -OCH3 is 3. The highest BCUT2D eigenvalue weighted by molar-refractivity contribution is 5.77. The third kappa shape index (κ3) is 3.21. The Kier molecular flexibility index (Phi) is 5.09. The van der Waals surface area contributed by atoms with Gasteiger partial charge >= 0.3 is 5.97 Å². The number of rotatable bonds is 6. The predicted octanol–water partition coefficient (Wildman–Crippen LogP) is 2.06. The molecule has 7 heteroatoms. The molecule has 0 saturated carbocycles.